The summed E-state index contributed by atoms with van der Waals surface area (Å²) in [5.41, 5.74) is 1.04. The highest BCUT2D eigenvalue weighted by atomic mass is 32.2. The molecule has 0 unspecified atom stereocenters. The van der Waals surface area contributed by atoms with Gasteiger partial charge < -0.3 is 9.47 Å². The summed E-state index contributed by atoms with van der Waals surface area (Å²) in [5.74, 6) is -0.0653. The van der Waals surface area contributed by atoms with Gasteiger partial charge in [0, 0.05) is 19.2 Å². The molecule has 0 saturated carbocycles. The van der Waals surface area contributed by atoms with Crippen LogP contribution in [0.5, 0.6) is 5.75 Å². The van der Waals surface area contributed by atoms with Crippen molar-refractivity contribution in [3.8, 4) is 5.75 Å². The van der Waals surface area contributed by atoms with E-state index in [0.717, 1.165) is 15.9 Å². The molecular formula is C33H40N2O6S2Si. The Balaban J connectivity index is 1.57. The van der Waals surface area contributed by atoms with E-state index in [9.17, 15) is 16.8 Å². The normalized spacial score (nSPS) is 12.6. The SMILES string of the molecule is COc1cc(S(=O)(=O)NCCCOCc2ccccc2)ccc1S(=O)(=O)N[Si](c1ccccc1)(c1ccccc1)C(C)(C)C. The predicted octanol–water partition coefficient (Wildman–Crippen LogP) is 4.42. The molecule has 0 saturated heterocycles. The van der Waals surface area contributed by atoms with E-state index in [1.165, 1.54) is 25.3 Å². The molecule has 11 heteroatoms. The van der Waals surface area contributed by atoms with Gasteiger partial charge in [-0.2, -0.15) is 0 Å². The number of nitrogens with one attached hydrogen (secondary N) is 2. The topological polar surface area (TPSA) is 111 Å². The number of rotatable bonds is 14. The van der Waals surface area contributed by atoms with Crippen LogP contribution in [0, 0.1) is 0 Å². The van der Waals surface area contributed by atoms with Gasteiger partial charge in [0.2, 0.25) is 28.3 Å². The maximum Gasteiger partial charge on any atom is 0.240 e. The summed E-state index contributed by atoms with van der Waals surface area (Å²) < 4.78 is 71.4. The quantitative estimate of drug-likeness (QED) is 0.154. The van der Waals surface area contributed by atoms with Crippen molar-refractivity contribution in [1.82, 2.24) is 9.11 Å². The Morgan fingerprint density at radius 1 is 0.727 bits per heavy atom. The van der Waals surface area contributed by atoms with Gasteiger partial charge in [0.1, 0.15) is 10.6 Å². The number of methoxy groups -OCH3 is 1. The summed E-state index contributed by atoms with van der Waals surface area (Å²) in [4.78, 5) is -0.231. The minimum Gasteiger partial charge on any atom is -0.495 e. The van der Waals surface area contributed by atoms with Crippen LogP contribution in [0.15, 0.2) is 119 Å². The van der Waals surface area contributed by atoms with E-state index in [-0.39, 0.29) is 22.1 Å². The smallest absolute Gasteiger partial charge is 0.240 e. The first-order chi connectivity index (χ1) is 20.9. The Bertz CT molecular complexity index is 1690. The van der Waals surface area contributed by atoms with Gasteiger partial charge in [-0.25, -0.2) is 25.9 Å². The standard InChI is InChI=1S/C33H40N2O6S2Si/c1-33(2,3)44(29-17-10-6-11-18-29,30-19-12-7-13-20-30)35-43(38,39)32-22-21-28(25-31(32)40-4)42(36,37)34-23-14-24-41-26-27-15-8-5-9-16-27/h5-13,15-22,25,34-35H,14,23-24,26H2,1-4H3. The molecule has 0 aliphatic rings. The maximum atomic E-state index is 14.2. The van der Waals surface area contributed by atoms with Crippen LogP contribution in [0.3, 0.4) is 0 Å². The summed E-state index contributed by atoms with van der Waals surface area (Å²) in [6.07, 6.45) is 0.470. The van der Waals surface area contributed by atoms with Gasteiger partial charge in [-0.05, 0) is 39.5 Å². The van der Waals surface area contributed by atoms with E-state index in [1.54, 1.807) is 0 Å². The maximum absolute atomic E-state index is 14.2. The fourth-order valence-electron chi connectivity index (χ4n) is 5.20. The van der Waals surface area contributed by atoms with Crippen molar-refractivity contribution in [3.05, 3.63) is 115 Å². The zero-order chi connectivity index (χ0) is 31.8. The Kier molecular flexibility index (Phi) is 10.8. The van der Waals surface area contributed by atoms with Crippen molar-refractivity contribution in [2.75, 3.05) is 20.3 Å². The van der Waals surface area contributed by atoms with E-state index in [0.29, 0.717) is 19.6 Å². The monoisotopic (exact) mass is 652 g/mol. The zero-order valence-electron chi connectivity index (χ0n) is 25.5. The first-order valence-corrected chi connectivity index (χ1v) is 19.3. The van der Waals surface area contributed by atoms with Crippen LogP contribution < -0.4 is 24.2 Å². The zero-order valence-corrected chi connectivity index (χ0v) is 28.1. The van der Waals surface area contributed by atoms with E-state index >= 15 is 0 Å². The molecule has 4 aromatic carbocycles. The van der Waals surface area contributed by atoms with Gasteiger partial charge in [0.15, 0.2) is 0 Å². The second-order valence-electron chi connectivity index (χ2n) is 11.4. The summed E-state index contributed by atoms with van der Waals surface area (Å²) in [7, 11) is -10.0. The third-order valence-corrected chi connectivity index (χ3v) is 16.8. The lowest BCUT2D eigenvalue weighted by atomic mass is 10.2. The summed E-state index contributed by atoms with van der Waals surface area (Å²) in [6, 6.07) is 32.8. The van der Waals surface area contributed by atoms with Crippen molar-refractivity contribution >= 4 is 38.7 Å². The lowest BCUT2D eigenvalue weighted by Crippen LogP contribution is -2.74. The van der Waals surface area contributed by atoms with Crippen molar-refractivity contribution in [2.45, 2.75) is 48.6 Å². The van der Waals surface area contributed by atoms with Gasteiger partial charge in [-0.15, -0.1) is 0 Å². The highest BCUT2D eigenvalue weighted by Crippen LogP contribution is 2.36. The molecule has 44 heavy (non-hydrogen) atoms. The fourth-order valence-corrected chi connectivity index (χ4v) is 14.6. The van der Waals surface area contributed by atoms with Crippen LogP contribution in [-0.4, -0.2) is 45.3 Å². The molecule has 4 aromatic rings. The van der Waals surface area contributed by atoms with Crippen molar-refractivity contribution in [3.63, 3.8) is 0 Å². The molecular weight excluding hydrogens is 613 g/mol. The molecule has 4 rings (SSSR count). The molecule has 234 valence electrons. The summed E-state index contributed by atoms with van der Waals surface area (Å²) in [5, 5.41) is 1.31. The largest absolute Gasteiger partial charge is 0.495 e. The van der Waals surface area contributed by atoms with Crippen LogP contribution in [0.1, 0.15) is 32.8 Å². The lowest BCUT2D eigenvalue weighted by molar-refractivity contribution is 0.119. The molecule has 2 N–H and O–H groups in total. The highest BCUT2D eigenvalue weighted by Gasteiger charge is 2.51. The third kappa shape index (κ3) is 7.66. The second kappa shape index (κ2) is 14.2. The molecule has 0 fully saturated rings. The van der Waals surface area contributed by atoms with Crippen LogP contribution in [0.25, 0.3) is 0 Å². The Morgan fingerprint density at radius 3 is 1.80 bits per heavy atom. The van der Waals surface area contributed by atoms with E-state index in [1.807, 2.05) is 112 Å². The number of hydrogen-bond donors (Lipinski definition) is 2. The second-order valence-corrected chi connectivity index (χ2v) is 19.6. The van der Waals surface area contributed by atoms with Gasteiger partial charge in [-0.1, -0.05) is 112 Å². The van der Waals surface area contributed by atoms with Crippen LogP contribution in [0.4, 0.5) is 0 Å². The first kappa shape index (κ1) is 33.6. The Morgan fingerprint density at radius 2 is 1.27 bits per heavy atom. The van der Waals surface area contributed by atoms with Crippen molar-refractivity contribution < 1.29 is 26.3 Å². The summed E-state index contributed by atoms with van der Waals surface area (Å²) in [6.45, 7) is 7.09. The molecule has 0 radical (unpaired) electrons. The van der Waals surface area contributed by atoms with Crippen LogP contribution >= 0.6 is 0 Å². The molecule has 0 heterocycles. The average molecular weight is 653 g/mol. The molecule has 0 aliphatic heterocycles. The molecule has 0 atom stereocenters. The van der Waals surface area contributed by atoms with Gasteiger partial charge in [-0.3, -0.25) is 0 Å². The highest BCUT2D eigenvalue weighted by molar-refractivity contribution is 7.91. The van der Waals surface area contributed by atoms with Crippen molar-refractivity contribution in [2.24, 2.45) is 0 Å². The molecule has 0 aromatic heterocycles. The average Bonchev–Trinajstić information content (AvgIpc) is 3.02. The number of sulfonamides is 2. The van der Waals surface area contributed by atoms with E-state index < -0.39 is 33.3 Å². The molecule has 0 bridgehead atoms. The van der Waals surface area contributed by atoms with Crippen LogP contribution in [-0.2, 0) is 31.4 Å². The molecule has 0 spiro atoms. The number of hydrogen-bond acceptors (Lipinski definition) is 6. The third-order valence-electron chi connectivity index (χ3n) is 7.43. The minimum atomic E-state index is -4.20. The molecule has 8 nitrogen and oxygen atoms in total. The van der Waals surface area contributed by atoms with E-state index in [4.69, 9.17) is 9.47 Å². The van der Waals surface area contributed by atoms with Gasteiger partial charge in [0.25, 0.3) is 0 Å². The van der Waals surface area contributed by atoms with Gasteiger partial charge in [0.05, 0.1) is 18.6 Å². The first-order valence-electron chi connectivity index (χ1n) is 14.4. The van der Waals surface area contributed by atoms with Crippen molar-refractivity contribution in [1.29, 1.82) is 0 Å². The predicted molar refractivity (Wildman–Crippen MR) is 177 cm³/mol. The Labute approximate surface area is 262 Å². The van der Waals surface area contributed by atoms with E-state index in [2.05, 4.69) is 9.11 Å². The van der Waals surface area contributed by atoms with Gasteiger partial charge >= 0.3 is 0 Å². The number of ether oxygens (including phenoxy) is 2. The Hall–Kier alpha value is -3.32. The summed E-state index contributed by atoms with van der Waals surface area (Å²) >= 11 is 0. The van der Waals surface area contributed by atoms with Crippen LogP contribution in [0.2, 0.25) is 5.04 Å². The lowest BCUT2D eigenvalue weighted by Gasteiger charge is -2.43. The molecule has 0 aliphatic carbocycles. The molecule has 0 amide bonds. The fraction of sp³-hybridized carbons (Fsp3) is 0.273. The minimum absolute atomic E-state index is 0.0653. The number of benzene rings is 4.